The number of aldehydes is 1. The molecule has 0 amide bonds. The highest BCUT2D eigenvalue weighted by atomic mass is 127. The van der Waals surface area contributed by atoms with Gasteiger partial charge in [0.1, 0.15) is 6.29 Å². The van der Waals surface area contributed by atoms with Crippen LogP contribution in [-0.2, 0) is 4.79 Å². The summed E-state index contributed by atoms with van der Waals surface area (Å²) in [6, 6.07) is 5.70. The van der Waals surface area contributed by atoms with E-state index in [0.717, 1.165) is 21.1 Å². The smallest absolute Gasteiger partial charge is 0.127 e. The van der Waals surface area contributed by atoms with Crippen LogP contribution in [0, 0.1) is 3.57 Å². The van der Waals surface area contributed by atoms with Gasteiger partial charge in [-0.05, 0) is 40.3 Å². The Bertz CT molecular complexity index is 299. The van der Waals surface area contributed by atoms with Crippen LogP contribution in [0.25, 0.3) is 0 Å². The maximum absolute atomic E-state index is 10.5. The molecule has 2 N–H and O–H groups in total. The van der Waals surface area contributed by atoms with E-state index >= 15 is 0 Å². The van der Waals surface area contributed by atoms with Crippen molar-refractivity contribution in [3.8, 4) is 0 Å². The molecule has 0 aromatic heterocycles. The minimum atomic E-state index is -0.0655. The molecule has 0 aliphatic heterocycles. The zero-order valence-corrected chi connectivity index (χ0v) is 8.91. The Morgan fingerprint density at radius 3 is 2.75 bits per heavy atom. The number of hydrogen-bond acceptors (Lipinski definition) is 2. The highest BCUT2D eigenvalue weighted by molar-refractivity contribution is 14.1. The van der Waals surface area contributed by atoms with Gasteiger partial charge in [-0.1, -0.05) is 13.0 Å². The van der Waals surface area contributed by atoms with Crippen LogP contribution in [0.15, 0.2) is 18.2 Å². The second-order valence-corrected chi connectivity index (χ2v) is 3.87. The van der Waals surface area contributed by atoms with E-state index in [1.807, 2.05) is 25.1 Å². The summed E-state index contributed by atoms with van der Waals surface area (Å²) in [5, 5.41) is 0. The lowest BCUT2D eigenvalue weighted by atomic mass is 10.0. The van der Waals surface area contributed by atoms with Crippen LogP contribution in [0.3, 0.4) is 0 Å². The van der Waals surface area contributed by atoms with E-state index in [-0.39, 0.29) is 5.92 Å². The van der Waals surface area contributed by atoms with Crippen LogP contribution in [0.2, 0.25) is 0 Å². The van der Waals surface area contributed by atoms with Crippen LogP contribution < -0.4 is 5.73 Å². The zero-order chi connectivity index (χ0) is 9.14. The molecule has 0 heterocycles. The number of rotatable bonds is 2. The number of anilines is 1. The molecule has 0 aliphatic carbocycles. The third-order valence-corrected chi connectivity index (χ3v) is 2.73. The molecule has 0 fully saturated rings. The number of benzene rings is 1. The fourth-order valence-corrected chi connectivity index (χ4v) is 1.26. The number of hydrogen-bond donors (Lipinski definition) is 1. The van der Waals surface area contributed by atoms with Crippen molar-refractivity contribution in [1.82, 2.24) is 0 Å². The van der Waals surface area contributed by atoms with Crippen molar-refractivity contribution in [2.45, 2.75) is 12.8 Å². The Labute approximate surface area is 85.3 Å². The molecule has 0 saturated carbocycles. The molecule has 1 atom stereocenters. The van der Waals surface area contributed by atoms with Crippen LogP contribution in [-0.4, -0.2) is 6.29 Å². The van der Waals surface area contributed by atoms with E-state index in [1.165, 1.54) is 0 Å². The van der Waals surface area contributed by atoms with Gasteiger partial charge in [-0.15, -0.1) is 0 Å². The number of nitrogen functional groups attached to an aromatic ring is 1. The lowest BCUT2D eigenvalue weighted by molar-refractivity contribution is -0.108. The van der Waals surface area contributed by atoms with Gasteiger partial charge >= 0.3 is 0 Å². The molecule has 0 saturated heterocycles. The first-order valence-corrected chi connectivity index (χ1v) is 4.73. The molecule has 1 unspecified atom stereocenters. The van der Waals surface area contributed by atoms with Crippen LogP contribution in [0.1, 0.15) is 18.4 Å². The van der Waals surface area contributed by atoms with Crippen molar-refractivity contribution in [2.24, 2.45) is 0 Å². The first-order chi connectivity index (χ1) is 5.65. The van der Waals surface area contributed by atoms with E-state index < -0.39 is 0 Å². The van der Waals surface area contributed by atoms with Gasteiger partial charge in [0.05, 0.1) is 0 Å². The minimum Gasteiger partial charge on any atom is -0.398 e. The number of carbonyl (C=O) groups is 1. The van der Waals surface area contributed by atoms with Gasteiger partial charge in [0.25, 0.3) is 0 Å². The minimum absolute atomic E-state index is 0.0655. The van der Waals surface area contributed by atoms with Crippen molar-refractivity contribution in [1.29, 1.82) is 0 Å². The molecule has 1 aromatic carbocycles. The second kappa shape index (κ2) is 3.89. The van der Waals surface area contributed by atoms with Gasteiger partial charge in [-0.25, -0.2) is 0 Å². The number of nitrogens with two attached hydrogens (primary N) is 1. The molecule has 12 heavy (non-hydrogen) atoms. The molecule has 0 spiro atoms. The van der Waals surface area contributed by atoms with Gasteiger partial charge in [0.2, 0.25) is 0 Å². The van der Waals surface area contributed by atoms with Gasteiger partial charge in [-0.3, -0.25) is 0 Å². The normalized spacial score (nSPS) is 12.5. The van der Waals surface area contributed by atoms with Crippen LogP contribution >= 0.6 is 22.6 Å². The van der Waals surface area contributed by atoms with Crippen molar-refractivity contribution in [3.05, 3.63) is 27.3 Å². The first-order valence-electron chi connectivity index (χ1n) is 3.65. The third kappa shape index (κ3) is 1.97. The fraction of sp³-hybridized carbons (Fsp3) is 0.222. The SMILES string of the molecule is CC(C=O)c1ccc(I)c(N)c1. The molecular formula is C9H10INO. The average molecular weight is 275 g/mol. The Morgan fingerprint density at radius 1 is 1.58 bits per heavy atom. The third-order valence-electron chi connectivity index (χ3n) is 1.75. The largest absolute Gasteiger partial charge is 0.398 e. The van der Waals surface area contributed by atoms with Crippen molar-refractivity contribution >= 4 is 34.6 Å². The Balaban J connectivity index is 3.04. The van der Waals surface area contributed by atoms with Gasteiger partial charge in [0, 0.05) is 15.2 Å². The lowest BCUT2D eigenvalue weighted by Crippen LogP contribution is -1.97. The first kappa shape index (κ1) is 9.51. The highest BCUT2D eigenvalue weighted by Gasteiger charge is 2.04. The predicted octanol–water partition coefficient (Wildman–Crippen LogP) is 2.18. The van der Waals surface area contributed by atoms with Crippen molar-refractivity contribution in [2.75, 3.05) is 5.73 Å². The summed E-state index contributed by atoms with van der Waals surface area (Å²) in [5.41, 5.74) is 7.40. The molecule has 3 heteroatoms. The molecule has 0 aliphatic rings. The summed E-state index contributed by atoms with van der Waals surface area (Å²) in [5.74, 6) is -0.0655. The Morgan fingerprint density at radius 2 is 2.25 bits per heavy atom. The Kier molecular flexibility index (Phi) is 3.08. The van der Waals surface area contributed by atoms with Gasteiger partial charge < -0.3 is 10.5 Å². The maximum Gasteiger partial charge on any atom is 0.127 e. The van der Waals surface area contributed by atoms with Crippen LogP contribution in [0.5, 0.6) is 0 Å². The molecule has 2 nitrogen and oxygen atoms in total. The predicted molar refractivity (Wildman–Crippen MR) is 58.1 cm³/mol. The summed E-state index contributed by atoms with van der Waals surface area (Å²) in [7, 11) is 0. The lowest BCUT2D eigenvalue weighted by Gasteiger charge is -2.05. The monoisotopic (exact) mass is 275 g/mol. The second-order valence-electron chi connectivity index (χ2n) is 2.71. The molecule has 64 valence electrons. The van der Waals surface area contributed by atoms with Crippen LogP contribution in [0.4, 0.5) is 5.69 Å². The van der Waals surface area contributed by atoms with E-state index in [9.17, 15) is 4.79 Å². The van der Waals surface area contributed by atoms with Crippen molar-refractivity contribution < 1.29 is 4.79 Å². The van der Waals surface area contributed by atoms with E-state index in [4.69, 9.17) is 5.73 Å². The molecule has 1 aromatic rings. The summed E-state index contributed by atoms with van der Waals surface area (Å²) in [4.78, 5) is 10.5. The van der Waals surface area contributed by atoms with E-state index in [0.29, 0.717) is 0 Å². The number of halogens is 1. The highest BCUT2D eigenvalue weighted by Crippen LogP contribution is 2.20. The fourth-order valence-electron chi connectivity index (χ4n) is 0.924. The maximum atomic E-state index is 10.5. The standard InChI is InChI=1S/C9H10INO/c1-6(5-12)7-2-3-8(10)9(11)4-7/h2-6H,11H2,1H3. The Hall–Kier alpha value is -0.580. The van der Waals surface area contributed by atoms with E-state index in [1.54, 1.807) is 0 Å². The van der Waals surface area contributed by atoms with Gasteiger partial charge in [0.15, 0.2) is 0 Å². The molecule has 1 rings (SSSR count). The summed E-state index contributed by atoms with van der Waals surface area (Å²) in [6.07, 6.45) is 0.918. The molecule has 0 bridgehead atoms. The van der Waals surface area contributed by atoms with E-state index in [2.05, 4.69) is 22.6 Å². The van der Waals surface area contributed by atoms with Gasteiger partial charge in [-0.2, -0.15) is 0 Å². The summed E-state index contributed by atoms with van der Waals surface area (Å²) >= 11 is 2.16. The summed E-state index contributed by atoms with van der Waals surface area (Å²) < 4.78 is 1.02. The molecule has 0 radical (unpaired) electrons. The molecular weight excluding hydrogens is 265 g/mol. The summed E-state index contributed by atoms with van der Waals surface area (Å²) in [6.45, 7) is 1.86. The zero-order valence-electron chi connectivity index (χ0n) is 6.75. The average Bonchev–Trinajstić information content (AvgIpc) is 2.08. The number of carbonyl (C=O) groups excluding carboxylic acids is 1. The quantitative estimate of drug-likeness (QED) is 0.510. The topological polar surface area (TPSA) is 43.1 Å². The van der Waals surface area contributed by atoms with Crippen molar-refractivity contribution in [3.63, 3.8) is 0 Å².